The molecule has 0 aliphatic carbocycles. The van der Waals surface area contributed by atoms with Gasteiger partial charge in [0, 0.05) is 19.3 Å². The van der Waals surface area contributed by atoms with Crippen LogP contribution in [0.25, 0.3) is 0 Å². The number of esters is 3. The zero-order valence-electron chi connectivity index (χ0n) is 35.2. The van der Waals surface area contributed by atoms with Gasteiger partial charge < -0.3 is 14.2 Å². The highest BCUT2D eigenvalue weighted by Crippen LogP contribution is 2.12. The minimum atomic E-state index is -0.794. The van der Waals surface area contributed by atoms with Crippen molar-refractivity contribution in [2.45, 2.75) is 213 Å². The third-order valence-corrected chi connectivity index (χ3v) is 9.25. The van der Waals surface area contributed by atoms with Crippen molar-refractivity contribution in [3.05, 3.63) is 60.8 Å². The fraction of sp³-hybridized carbons (Fsp3) is 0.729. The zero-order chi connectivity index (χ0) is 39.4. The van der Waals surface area contributed by atoms with E-state index in [-0.39, 0.29) is 31.1 Å². The minimum absolute atomic E-state index is 0.0954. The fourth-order valence-corrected chi connectivity index (χ4v) is 5.88. The lowest BCUT2D eigenvalue weighted by molar-refractivity contribution is -0.167. The standard InChI is InChI=1S/C48H82O6/c1-4-7-10-13-16-19-21-23-24-25-27-29-32-35-38-41-47(50)53-44-45(43-52-46(49)40-37-34-31-28-18-15-12-9-6-3)54-48(51)42-39-36-33-30-26-22-20-17-14-11-8-5-2/h8,11,16-17,19-21,23,28,31,45H,4-7,9-10,12-15,18,22,24-27,29-30,32-44H2,1-3H3/b11-8-,19-16-,20-17-,23-21-,31-28-. The topological polar surface area (TPSA) is 78.9 Å². The molecule has 0 spiro atoms. The molecule has 0 aromatic carbocycles. The molecule has 0 aromatic heterocycles. The first-order valence-corrected chi connectivity index (χ1v) is 22.3. The smallest absolute Gasteiger partial charge is 0.306 e. The summed E-state index contributed by atoms with van der Waals surface area (Å²) in [6.07, 6.45) is 50.7. The first-order chi connectivity index (χ1) is 26.5. The summed E-state index contributed by atoms with van der Waals surface area (Å²) in [7, 11) is 0. The predicted molar refractivity (Wildman–Crippen MR) is 228 cm³/mol. The minimum Gasteiger partial charge on any atom is -0.462 e. The number of hydrogen-bond donors (Lipinski definition) is 0. The molecule has 0 fully saturated rings. The summed E-state index contributed by atoms with van der Waals surface area (Å²) in [6, 6.07) is 0. The van der Waals surface area contributed by atoms with Gasteiger partial charge in [-0.2, -0.15) is 0 Å². The molecule has 0 amide bonds. The molecule has 0 aliphatic heterocycles. The van der Waals surface area contributed by atoms with E-state index in [2.05, 4.69) is 81.5 Å². The Bertz CT molecular complexity index is 1010. The molecule has 0 aliphatic rings. The van der Waals surface area contributed by atoms with Crippen molar-refractivity contribution in [3.63, 3.8) is 0 Å². The van der Waals surface area contributed by atoms with Gasteiger partial charge in [-0.15, -0.1) is 0 Å². The van der Waals surface area contributed by atoms with E-state index in [1.165, 1.54) is 70.6 Å². The van der Waals surface area contributed by atoms with Crippen LogP contribution in [0.1, 0.15) is 207 Å². The van der Waals surface area contributed by atoms with E-state index in [0.29, 0.717) is 25.7 Å². The number of ether oxygens (including phenoxy) is 3. The highest BCUT2D eigenvalue weighted by atomic mass is 16.6. The lowest BCUT2D eigenvalue weighted by Crippen LogP contribution is -2.30. The number of allylic oxidation sites excluding steroid dienone is 10. The summed E-state index contributed by atoms with van der Waals surface area (Å²) < 4.78 is 16.6. The lowest BCUT2D eigenvalue weighted by atomic mass is 10.1. The first-order valence-electron chi connectivity index (χ1n) is 22.3. The van der Waals surface area contributed by atoms with Gasteiger partial charge in [-0.25, -0.2) is 0 Å². The average Bonchev–Trinajstić information content (AvgIpc) is 3.17. The molecular weight excluding hydrogens is 673 g/mol. The Kier molecular flexibility index (Phi) is 40.6. The molecule has 0 saturated carbocycles. The Morgan fingerprint density at radius 3 is 1.35 bits per heavy atom. The quantitative estimate of drug-likeness (QED) is 0.0204. The van der Waals surface area contributed by atoms with Gasteiger partial charge in [0.25, 0.3) is 0 Å². The summed E-state index contributed by atoms with van der Waals surface area (Å²) in [5.41, 5.74) is 0. The van der Waals surface area contributed by atoms with Crippen LogP contribution in [-0.4, -0.2) is 37.2 Å². The highest BCUT2D eigenvalue weighted by molar-refractivity contribution is 5.71. The number of hydrogen-bond acceptors (Lipinski definition) is 6. The third-order valence-electron chi connectivity index (χ3n) is 9.25. The predicted octanol–water partition coefficient (Wildman–Crippen LogP) is 14.1. The van der Waals surface area contributed by atoms with Crippen LogP contribution < -0.4 is 0 Å². The molecule has 6 nitrogen and oxygen atoms in total. The molecule has 6 heteroatoms. The molecule has 310 valence electrons. The van der Waals surface area contributed by atoms with Crippen LogP contribution in [0, 0.1) is 0 Å². The maximum Gasteiger partial charge on any atom is 0.306 e. The molecule has 1 atom stereocenters. The van der Waals surface area contributed by atoms with Crippen molar-refractivity contribution < 1.29 is 28.6 Å². The third kappa shape index (κ3) is 40.3. The SMILES string of the molecule is CC/C=C\C/C=C\CCCCCCCC(=O)OC(COC(=O)CCC/C=C\CCCCCC)COC(=O)CCCCCCCC/C=C\C=C/CCCCC. The van der Waals surface area contributed by atoms with Gasteiger partial charge in [0.15, 0.2) is 6.10 Å². The number of carbonyl (C=O) groups is 3. The van der Waals surface area contributed by atoms with Crippen LogP contribution in [-0.2, 0) is 28.6 Å². The second-order valence-corrected chi connectivity index (χ2v) is 14.6. The Hall–Kier alpha value is -2.89. The van der Waals surface area contributed by atoms with Gasteiger partial charge in [0.1, 0.15) is 13.2 Å². The van der Waals surface area contributed by atoms with Gasteiger partial charge in [-0.3, -0.25) is 14.4 Å². The summed E-state index contributed by atoms with van der Waals surface area (Å²) in [5, 5.41) is 0. The Balaban J connectivity index is 4.42. The van der Waals surface area contributed by atoms with E-state index in [1.54, 1.807) is 0 Å². The van der Waals surface area contributed by atoms with Crippen molar-refractivity contribution in [2.75, 3.05) is 13.2 Å². The molecule has 0 radical (unpaired) electrons. The monoisotopic (exact) mass is 755 g/mol. The molecule has 0 bridgehead atoms. The molecule has 0 saturated heterocycles. The molecule has 54 heavy (non-hydrogen) atoms. The molecular formula is C48H82O6. The Morgan fingerprint density at radius 1 is 0.407 bits per heavy atom. The largest absolute Gasteiger partial charge is 0.462 e. The number of rotatable bonds is 39. The second-order valence-electron chi connectivity index (χ2n) is 14.6. The molecule has 0 N–H and O–H groups in total. The van der Waals surface area contributed by atoms with Crippen LogP contribution in [0.4, 0.5) is 0 Å². The summed E-state index contributed by atoms with van der Waals surface area (Å²) >= 11 is 0. The van der Waals surface area contributed by atoms with Gasteiger partial charge >= 0.3 is 17.9 Å². The summed E-state index contributed by atoms with van der Waals surface area (Å²) in [4.78, 5) is 37.6. The average molecular weight is 755 g/mol. The Morgan fingerprint density at radius 2 is 0.796 bits per heavy atom. The van der Waals surface area contributed by atoms with Crippen LogP contribution in [0.5, 0.6) is 0 Å². The lowest BCUT2D eigenvalue weighted by Gasteiger charge is -2.18. The normalized spacial score (nSPS) is 12.6. The van der Waals surface area contributed by atoms with Gasteiger partial charge in [-0.05, 0) is 89.9 Å². The second kappa shape index (κ2) is 42.8. The van der Waals surface area contributed by atoms with E-state index in [1.807, 2.05) is 0 Å². The summed E-state index contributed by atoms with van der Waals surface area (Å²) in [6.45, 7) is 6.39. The number of carbonyl (C=O) groups excluding carboxylic acids is 3. The van der Waals surface area contributed by atoms with Gasteiger partial charge in [0.05, 0.1) is 0 Å². The van der Waals surface area contributed by atoms with Crippen molar-refractivity contribution in [1.29, 1.82) is 0 Å². The van der Waals surface area contributed by atoms with Crippen LogP contribution in [0.2, 0.25) is 0 Å². The van der Waals surface area contributed by atoms with E-state index in [9.17, 15) is 14.4 Å². The number of unbranched alkanes of at least 4 members (excludes halogenated alkanes) is 19. The summed E-state index contributed by atoms with van der Waals surface area (Å²) in [5.74, 6) is -0.964. The van der Waals surface area contributed by atoms with E-state index in [4.69, 9.17) is 14.2 Å². The van der Waals surface area contributed by atoms with Crippen molar-refractivity contribution in [2.24, 2.45) is 0 Å². The fourth-order valence-electron chi connectivity index (χ4n) is 5.88. The maximum atomic E-state index is 12.7. The van der Waals surface area contributed by atoms with Crippen LogP contribution in [0.3, 0.4) is 0 Å². The molecule has 0 rings (SSSR count). The van der Waals surface area contributed by atoms with Gasteiger partial charge in [-0.1, -0.05) is 159 Å². The highest BCUT2D eigenvalue weighted by Gasteiger charge is 2.19. The zero-order valence-corrected chi connectivity index (χ0v) is 35.2. The van der Waals surface area contributed by atoms with Crippen molar-refractivity contribution >= 4 is 17.9 Å². The van der Waals surface area contributed by atoms with Crippen LogP contribution in [0.15, 0.2) is 60.8 Å². The van der Waals surface area contributed by atoms with E-state index < -0.39 is 6.10 Å². The van der Waals surface area contributed by atoms with Crippen LogP contribution >= 0.6 is 0 Å². The maximum absolute atomic E-state index is 12.7. The van der Waals surface area contributed by atoms with Crippen molar-refractivity contribution in [3.8, 4) is 0 Å². The molecule has 1 unspecified atom stereocenters. The van der Waals surface area contributed by atoms with E-state index in [0.717, 1.165) is 89.9 Å². The molecule has 0 aromatic rings. The Labute approximate surface area is 332 Å². The first kappa shape index (κ1) is 51.1. The van der Waals surface area contributed by atoms with Gasteiger partial charge in [0.2, 0.25) is 0 Å². The van der Waals surface area contributed by atoms with Crippen molar-refractivity contribution in [1.82, 2.24) is 0 Å². The van der Waals surface area contributed by atoms with E-state index >= 15 is 0 Å². The molecule has 0 heterocycles.